The quantitative estimate of drug-likeness (QED) is 0.822. The van der Waals surface area contributed by atoms with Gasteiger partial charge in [0.2, 0.25) is 0 Å². The first-order valence-corrected chi connectivity index (χ1v) is 7.06. The van der Waals surface area contributed by atoms with Gasteiger partial charge in [0, 0.05) is 12.6 Å². The molecule has 0 aliphatic carbocycles. The Morgan fingerprint density at radius 2 is 1.68 bits per heavy atom. The Hall–Kier alpha value is -1.02. The van der Waals surface area contributed by atoms with E-state index < -0.39 is 0 Å². The van der Waals surface area contributed by atoms with Gasteiger partial charge in [-0.1, -0.05) is 59.1 Å². The molecular weight excluding hydrogens is 277 g/mol. The van der Waals surface area contributed by atoms with E-state index in [1.54, 1.807) is 0 Å². The minimum absolute atomic E-state index is 0.232. The predicted molar refractivity (Wildman–Crippen MR) is 82.9 cm³/mol. The van der Waals surface area contributed by atoms with Crippen LogP contribution in [0.15, 0.2) is 42.5 Å². The summed E-state index contributed by atoms with van der Waals surface area (Å²) < 4.78 is 0. The summed E-state index contributed by atoms with van der Waals surface area (Å²) in [6.45, 7) is 5.05. The van der Waals surface area contributed by atoms with Crippen LogP contribution in [0.2, 0.25) is 10.0 Å². The van der Waals surface area contributed by atoms with E-state index in [1.165, 1.54) is 11.1 Å². The first kappa shape index (κ1) is 14.4. The second-order valence-corrected chi connectivity index (χ2v) is 5.58. The minimum atomic E-state index is 0.232. The highest BCUT2D eigenvalue weighted by atomic mass is 35.5. The van der Waals surface area contributed by atoms with E-state index in [-0.39, 0.29) is 6.04 Å². The molecule has 3 heteroatoms. The molecule has 0 saturated carbocycles. The van der Waals surface area contributed by atoms with Gasteiger partial charge in [-0.05, 0) is 37.1 Å². The lowest BCUT2D eigenvalue weighted by atomic mass is 10.1. The maximum atomic E-state index is 6.03. The summed E-state index contributed by atoms with van der Waals surface area (Å²) in [7, 11) is 0. The molecule has 0 amide bonds. The van der Waals surface area contributed by atoms with Gasteiger partial charge in [-0.3, -0.25) is 0 Å². The summed E-state index contributed by atoms with van der Waals surface area (Å²) in [5.74, 6) is 0. The molecule has 2 aromatic carbocycles. The molecule has 0 saturated heterocycles. The van der Waals surface area contributed by atoms with Crippen molar-refractivity contribution in [2.24, 2.45) is 0 Å². The number of benzene rings is 2. The lowest BCUT2D eigenvalue weighted by molar-refractivity contribution is 0.575. The van der Waals surface area contributed by atoms with Crippen LogP contribution in [0.5, 0.6) is 0 Å². The Morgan fingerprint density at radius 3 is 2.32 bits per heavy atom. The van der Waals surface area contributed by atoms with Gasteiger partial charge >= 0.3 is 0 Å². The zero-order valence-corrected chi connectivity index (χ0v) is 12.6. The fraction of sp³-hybridized carbons (Fsp3) is 0.250. The Kier molecular flexibility index (Phi) is 4.87. The van der Waals surface area contributed by atoms with Crippen LogP contribution in [-0.4, -0.2) is 0 Å². The lowest BCUT2D eigenvalue weighted by Gasteiger charge is -2.15. The number of hydrogen-bond acceptors (Lipinski definition) is 1. The molecule has 2 rings (SSSR count). The highest BCUT2D eigenvalue weighted by molar-refractivity contribution is 6.42. The predicted octanol–water partition coefficient (Wildman–Crippen LogP) is 5.15. The fourth-order valence-electron chi connectivity index (χ4n) is 1.88. The van der Waals surface area contributed by atoms with Gasteiger partial charge < -0.3 is 5.32 Å². The maximum absolute atomic E-state index is 6.03. The standard InChI is InChI=1S/C16H17Cl2N/c1-11-3-5-13(6-4-11)10-19-12(2)14-7-8-15(17)16(18)9-14/h3-9,12,19H,10H2,1-2H3. The fourth-order valence-corrected chi connectivity index (χ4v) is 2.18. The zero-order chi connectivity index (χ0) is 13.8. The maximum Gasteiger partial charge on any atom is 0.0595 e. The van der Waals surface area contributed by atoms with Crippen LogP contribution in [-0.2, 0) is 6.54 Å². The van der Waals surface area contributed by atoms with E-state index in [4.69, 9.17) is 23.2 Å². The Bertz CT molecular complexity index is 549. The third-order valence-electron chi connectivity index (χ3n) is 3.18. The largest absolute Gasteiger partial charge is 0.306 e. The first-order chi connectivity index (χ1) is 9.06. The molecule has 1 unspecified atom stereocenters. The van der Waals surface area contributed by atoms with Crippen molar-refractivity contribution in [3.63, 3.8) is 0 Å². The highest BCUT2D eigenvalue weighted by Gasteiger charge is 2.07. The molecule has 1 atom stereocenters. The number of halogens is 2. The summed E-state index contributed by atoms with van der Waals surface area (Å²) >= 11 is 12.0. The minimum Gasteiger partial charge on any atom is -0.306 e. The number of nitrogens with one attached hydrogen (secondary N) is 1. The molecule has 0 aromatic heterocycles. The summed E-state index contributed by atoms with van der Waals surface area (Å²) in [6, 6.07) is 14.5. The van der Waals surface area contributed by atoms with Crippen molar-refractivity contribution in [1.29, 1.82) is 0 Å². The van der Waals surface area contributed by atoms with Crippen LogP contribution in [0, 0.1) is 6.92 Å². The third-order valence-corrected chi connectivity index (χ3v) is 3.92. The van der Waals surface area contributed by atoms with E-state index in [1.807, 2.05) is 18.2 Å². The van der Waals surface area contributed by atoms with E-state index in [9.17, 15) is 0 Å². The van der Waals surface area contributed by atoms with Crippen molar-refractivity contribution in [3.8, 4) is 0 Å². The summed E-state index contributed by atoms with van der Waals surface area (Å²) in [5, 5.41) is 4.67. The number of rotatable bonds is 4. The molecule has 0 aliphatic rings. The monoisotopic (exact) mass is 293 g/mol. The van der Waals surface area contributed by atoms with Crippen LogP contribution in [0.4, 0.5) is 0 Å². The second-order valence-electron chi connectivity index (χ2n) is 4.76. The van der Waals surface area contributed by atoms with Gasteiger partial charge in [-0.2, -0.15) is 0 Å². The van der Waals surface area contributed by atoms with Gasteiger partial charge in [0.15, 0.2) is 0 Å². The molecule has 0 bridgehead atoms. The van der Waals surface area contributed by atoms with Crippen molar-refractivity contribution in [2.45, 2.75) is 26.4 Å². The molecule has 2 aromatic rings. The Balaban J connectivity index is 1.98. The van der Waals surface area contributed by atoms with Crippen molar-refractivity contribution in [2.75, 3.05) is 0 Å². The molecular formula is C16H17Cl2N. The highest BCUT2D eigenvalue weighted by Crippen LogP contribution is 2.25. The van der Waals surface area contributed by atoms with Crippen LogP contribution >= 0.6 is 23.2 Å². The SMILES string of the molecule is Cc1ccc(CNC(C)c2ccc(Cl)c(Cl)c2)cc1. The van der Waals surface area contributed by atoms with Crippen LogP contribution in [0.25, 0.3) is 0 Å². The second kappa shape index (κ2) is 6.42. The molecule has 0 aliphatic heterocycles. The topological polar surface area (TPSA) is 12.0 Å². The van der Waals surface area contributed by atoms with Gasteiger partial charge in [-0.15, -0.1) is 0 Å². The van der Waals surface area contributed by atoms with Crippen molar-refractivity contribution < 1.29 is 0 Å². The lowest BCUT2D eigenvalue weighted by Crippen LogP contribution is -2.18. The molecule has 1 N–H and O–H groups in total. The van der Waals surface area contributed by atoms with E-state index in [0.29, 0.717) is 10.0 Å². The third kappa shape index (κ3) is 3.97. The number of hydrogen-bond donors (Lipinski definition) is 1. The number of aryl methyl sites for hydroxylation is 1. The molecule has 19 heavy (non-hydrogen) atoms. The molecule has 1 nitrogen and oxygen atoms in total. The zero-order valence-electron chi connectivity index (χ0n) is 11.1. The smallest absolute Gasteiger partial charge is 0.0595 e. The molecule has 0 radical (unpaired) electrons. The normalized spacial score (nSPS) is 12.4. The van der Waals surface area contributed by atoms with Crippen molar-refractivity contribution in [1.82, 2.24) is 5.32 Å². The Labute approximate surface area is 124 Å². The first-order valence-electron chi connectivity index (χ1n) is 6.30. The van der Waals surface area contributed by atoms with Gasteiger partial charge in [0.05, 0.1) is 10.0 Å². The van der Waals surface area contributed by atoms with E-state index in [2.05, 4.69) is 43.4 Å². The van der Waals surface area contributed by atoms with Gasteiger partial charge in [0.1, 0.15) is 0 Å². The average Bonchev–Trinajstić information content (AvgIpc) is 2.41. The van der Waals surface area contributed by atoms with E-state index >= 15 is 0 Å². The summed E-state index contributed by atoms with van der Waals surface area (Å²) in [6.07, 6.45) is 0. The Morgan fingerprint density at radius 1 is 1.00 bits per heavy atom. The average molecular weight is 294 g/mol. The molecule has 100 valence electrons. The molecule has 0 heterocycles. The van der Waals surface area contributed by atoms with Crippen molar-refractivity contribution >= 4 is 23.2 Å². The molecule has 0 spiro atoms. The van der Waals surface area contributed by atoms with Gasteiger partial charge in [-0.25, -0.2) is 0 Å². The molecule has 0 fully saturated rings. The van der Waals surface area contributed by atoms with Gasteiger partial charge in [0.25, 0.3) is 0 Å². The van der Waals surface area contributed by atoms with E-state index in [0.717, 1.165) is 12.1 Å². The van der Waals surface area contributed by atoms with Crippen LogP contribution in [0.3, 0.4) is 0 Å². The summed E-state index contributed by atoms with van der Waals surface area (Å²) in [4.78, 5) is 0. The summed E-state index contributed by atoms with van der Waals surface area (Å²) in [5.41, 5.74) is 3.69. The van der Waals surface area contributed by atoms with Crippen molar-refractivity contribution in [3.05, 3.63) is 69.2 Å². The van der Waals surface area contributed by atoms with Crippen LogP contribution in [0.1, 0.15) is 29.7 Å². The van der Waals surface area contributed by atoms with Crippen LogP contribution < -0.4 is 5.32 Å².